The minimum atomic E-state index is 0.488. The van der Waals surface area contributed by atoms with E-state index in [-0.39, 0.29) is 0 Å². The van der Waals surface area contributed by atoms with Crippen molar-refractivity contribution in [3.8, 4) is 0 Å². The largest absolute Gasteiger partial charge is 0.378 e. The number of hydrogen-bond donors (Lipinski definition) is 1. The molecule has 21 heavy (non-hydrogen) atoms. The molecule has 120 valence electrons. The normalized spacial score (nSPS) is 16.0. The molecular weight excluding hydrogens is 282 g/mol. The number of methoxy groups -OCH3 is 1. The van der Waals surface area contributed by atoms with Crippen molar-refractivity contribution in [2.45, 2.75) is 58.7 Å². The molecule has 0 spiro atoms. The third kappa shape index (κ3) is 4.94. The van der Waals surface area contributed by atoms with Gasteiger partial charge in [0, 0.05) is 38.2 Å². The standard InChI is InChI=1S/C16H29N3OS/c1-12(2)17-9-15-14(11-20-4)18-16(21-15)19(3)10-13-7-5-6-8-13/h12-13,17H,5-11H2,1-4H3. The number of rotatable bonds is 8. The Balaban J connectivity index is 2.02. The zero-order chi connectivity index (χ0) is 15.2. The summed E-state index contributed by atoms with van der Waals surface area (Å²) in [5.41, 5.74) is 1.09. The maximum Gasteiger partial charge on any atom is 0.185 e. The van der Waals surface area contributed by atoms with Crippen molar-refractivity contribution in [2.24, 2.45) is 5.92 Å². The number of thiazole rings is 1. The topological polar surface area (TPSA) is 37.4 Å². The smallest absolute Gasteiger partial charge is 0.185 e. The molecule has 1 N–H and O–H groups in total. The highest BCUT2D eigenvalue weighted by atomic mass is 32.1. The van der Waals surface area contributed by atoms with Crippen molar-refractivity contribution in [2.75, 3.05) is 25.6 Å². The molecule has 1 heterocycles. The molecule has 0 amide bonds. The van der Waals surface area contributed by atoms with E-state index >= 15 is 0 Å². The highest BCUT2D eigenvalue weighted by Gasteiger charge is 2.20. The lowest BCUT2D eigenvalue weighted by Crippen LogP contribution is -2.23. The van der Waals surface area contributed by atoms with Crippen LogP contribution in [0.1, 0.15) is 50.1 Å². The second-order valence-electron chi connectivity index (χ2n) is 6.37. The fourth-order valence-corrected chi connectivity index (χ4v) is 3.86. The summed E-state index contributed by atoms with van der Waals surface area (Å²) in [4.78, 5) is 8.44. The monoisotopic (exact) mass is 311 g/mol. The summed E-state index contributed by atoms with van der Waals surface area (Å²) < 4.78 is 5.30. The Morgan fingerprint density at radius 2 is 2.10 bits per heavy atom. The van der Waals surface area contributed by atoms with Crippen LogP contribution in [0.15, 0.2) is 0 Å². The predicted octanol–water partition coefficient (Wildman–Crippen LogP) is 3.41. The van der Waals surface area contributed by atoms with Crippen LogP contribution >= 0.6 is 11.3 Å². The Morgan fingerprint density at radius 1 is 1.38 bits per heavy atom. The van der Waals surface area contributed by atoms with Gasteiger partial charge in [-0.1, -0.05) is 26.7 Å². The van der Waals surface area contributed by atoms with Crippen LogP contribution in [0.4, 0.5) is 5.13 Å². The van der Waals surface area contributed by atoms with E-state index in [4.69, 9.17) is 9.72 Å². The lowest BCUT2D eigenvalue weighted by molar-refractivity contribution is 0.181. The van der Waals surface area contributed by atoms with Crippen LogP contribution in [-0.4, -0.2) is 31.7 Å². The van der Waals surface area contributed by atoms with Crippen LogP contribution in [0, 0.1) is 5.92 Å². The molecule has 0 bridgehead atoms. The van der Waals surface area contributed by atoms with Crippen molar-refractivity contribution in [3.05, 3.63) is 10.6 Å². The summed E-state index contributed by atoms with van der Waals surface area (Å²) in [6.07, 6.45) is 5.55. The van der Waals surface area contributed by atoms with Crippen LogP contribution in [-0.2, 0) is 17.9 Å². The maximum absolute atomic E-state index is 5.30. The summed E-state index contributed by atoms with van der Waals surface area (Å²) in [6, 6.07) is 0.488. The average Bonchev–Trinajstić information content (AvgIpc) is 3.06. The Bertz CT molecular complexity index is 427. The lowest BCUT2D eigenvalue weighted by atomic mass is 10.1. The van der Waals surface area contributed by atoms with E-state index in [1.54, 1.807) is 18.4 Å². The molecule has 1 aliphatic rings. The van der Waals surface area contributed by atoms with Gasteiger partial charge < -0.3 is 15.0 Å². The van der Waals surface area contributed by atoms with Gasteiger partial charge in [-0.15, -0.1) is 11.3 Å². The third-order valence-electron chi connectivity index (χ3n) is 4.05. The zero-order valence-corrected chi connectivity index (χ0v) is 14.6. The quantitative estimate of drug-likeness (QED) is 0.798. The number of nitrogens with one attached hydrogen (secondary N) is 1. The van der Waals surface area contributed by atoms with Gasteiger partial charge >= 0.3 is 0 Å². The van der Waals surface area contributed by atoms with Crippen molar-refractivity contribution < 1.29 is 4.74 Å². The van der Waals surface area contributed by atoms with Crippen LogP contribution in [0.5, 0.6) is 0 Å². The van der Waals surface area contributed by atoms with E-state index in [2.05, 4.69) is 31.1 Å². The summed E-state index contributed by atoms with van der Waals surface area (Å²) in [7, 11) is 3.91. The molecule has 1 aromatic heterocycles. The van der Waals surface area contributed by atoms with Gasteiger partial charge in [0.15, 0.2) is 5.13 Å². The van der Waals surface area contributed by atoms with Gasteiger partial charge in [0.05, 0.1) is 12.3 Å². The van der Waals surface area contributed by atoms with Gasteiger partial charge in [-0.05, 0) is 18.8 Å². The molecule has 1 fully saturated rings. The fraction of sp³-hybridized carbons (Fsp3) is 0.812. The molecule has 2 rings (SSSR count). The van der Waals surface area contributed by atoms with Gasteiger partial charge in [0.2, 0.25) is 0 Å². The molecule has 0 saturated heterocycles. The number of hydrogen-bond acceptors (Lipinski definition) is 5. The molecule has 1 saturated carbocycles. The highest BCUT2D eigenvalue weighted by Crippen LogP contribution is 2.30. The van der Waals surface area contributed by atoms with E-state index in [0.29, 0.717) is 12.6 Å². The van der Waals surface area contributed by atoms with Crippen molar-refractivity contribution in [1.29, 1.82) is 0 Å². The summed E-state index contributed by atoms with van der Waals surface area (Å²) >= 11 is 1.81. The number of nitrogens with zero attached hydrogens (tertiary/aromatic N) is 2. The van der Waals surface area contributed by atoms with E-state index in [1.165, 1.54) is 30.6 Å². The molecule has 4 nitrogen and oxygen atoms in total. The van der Waals surface area contributed by atoms with Gasteiger partial charge in [-0.2, -0.15) is 0 Å². The summed E-state index contributed by atoms with van der Waals surface area (Å²) in [5.74, 6) is 0.849. The lowest BCUT2D eigenvalue weighted by Gasteiger charge is -2.19. The molecule has 0 atom stereocenters. The summed E-state index contributed by atoms with van der Waals surface area (Å²) in [6.45, 7) is 6.96. The molecule has 0 aromatic carbocycles. The molecule has 1 aromatic rings. The second kappa shape index (κ2) is 8.11. The number of ether oxygens (including phenoxy) is 1. The zero-order valence-electron chi connectivity index (χ0n) is 13.8. The Hall–Kier alpha value is -0.650. The van der Waals surface area contributed by atoms with Crippen LogP contribution in [0.25, 0.3) is 0 Å². The SMILES string of the molecule is COCc1nc(N(C)CC2CCCC2)sc1CNC(C)C. The van der Waals surface area contributed by atoms with Gasteiger partial charge in [-0.25, -0.2) is 4.98 Å². The third-order valence-corrected chi connectivity index (χ3v) is 5.26. The molecule has 5 heteroatoms. The minimum absolute atomic E-state index is 0.488. The molecule has 0 radical (unpaired) electrons. The second-order valence-corrected chi connectivity index (χ2v) is 7.43. The van der Waals surface area contributed by atoms with Crippen molar-refractivity contribution >= 4 is 16.5 Å². The Kier molecular flexibility index (Phi) is 6.45. The van der Waals surface area contributed by atoms with Crippen molar-refractivity contribution in [1.82, 2.24) is 10.3 Å². The van der Waals surface area contributed by atoms with Crippen LogP contribution in [0.3, 0.4) is 0 Å². The Morgan fingerprint density at radius 3 is 2.71 bits per heavy atom. The fourth-order valence-electron chi connectivity index (χ4n) is 2.88. The van der Waals surface area contributed by atoms with E-state index in [9.17, 15) is 0 Å². The molecule has 1 aliphatic carbocycles. The van der Waals surface area contributed by atoms with E-state index in [0.717, 1.165) is 29.8 Å². The van der Waals surface area contributed by atoms with Crippen LogP contribution < -0.4 is 10.2 Å². The minimum Gasteiger partial charge on any atom is -0.378 e. The maximum atomic E-state index is 5.30. The predicted molar refractivity (Wildman–Crippen MR) is 90.0 cm³/mol. The van der Waals surface area contributed by atoms with Gasteiger partial charge in [-0.3, -0.25) is 0 Å². The van der Waals surface area contributed by atoms with Gasteiger partial charge in [0.1, 0.15) is 0 Å². The Labute approximate surface area is 132 Å². The van der Waals surface area contributed by atoms with E-state index in [1.807, 2.05) is 0 Å². The number of aromatic nitrogens is 1. The average molecular weight is 311 g/mol. The first kappa shape index (κ1) is 16.7. The van der Waals surface area contributed by atoms with Crippen molar-refractivity contribution in [3.63, 3.8) is 0 Å². The molecule has 0 aliphatic heterocycles. The summed E-state index contributed by atoms with van der Waals surface area (Å²) in [5, 5.41) is 4.62. The highest BCUT2D eigenvalue weighted by molar-refractivity contribution is 7.15. The number of anilines is 1. The molecular formula is C16H29N3OS. The van der Waals surface area contributed by atoms with Gasteiger partial charge in [0.25, 0.3) is 0 Å². The first-order chi connectivity index (χ1) is 10.1. The first-order valence-electron chi connectivity index (χ1n) is 8.02. The molecule has 0 unspecified atom stereocenters. The van der Waals surface area contributed by atoms with E-state index < -0.39 is 0 Å². The van der Waals surface area contributed by atoms with Crippen LogP contribution in [0.2, 0.25) is 0 Å². The first-order valence-corrected chi connectivity index (χ1v) is 8.83.